The Morgan fingerprint density at radius 2 is 0.525 bits per heavy atom. The summed E-state index contributed by atoms with van der Waals surface area (Å²) in [5, 5.41) is 0.518. The van der Waals surface area contributed by atoms with Gasteiger partial charge in [0.2, 0.25) is 0 Å². The number of amides is 2. The Labute approximate surface area is 348 Å². The third kappa shape index (κ3) is 39.8. The van der Waals surface area contributed by atoms with Crippen LogP contribution in [0.4, 0.5) is 0 Å². The van der Waals surface area contributed by atoms with Crippen molar-refractivity contribution in [1.29, 1.82) is 0 Å². The molecule has 1 aliphatic heterocycles. The van der Waals surface area contributed by atoms with Crippen LogP contribution in [0.15, 0.2) is 0 Å². The Bertz CT molecular complexity index is 922. The van der Waals surface area contributed by atoms with E-state index in [2.05, 4.69) is 0 Å². The van der Waals surface area contributed by atoms with E-state index in [1.807, 2.05) is 0 Å². The number of carbonyl (C=O) groups excluding carboxylic acids is 3. The maximum Gasteiger partial charge on any atom is 0.335 e. The summed E-state index contributed by atoms with van der Waals surface area (Å²) in [4.78, 5) is 39.2. The van der Waals surface area contributed by atoms with Gasteiger partial charge in [0.15, 0.2) is 0 Å². The van der Waals surface area contributed by atoms with E-state index in [0.29, 0.717) is 197 Å². The van der Waals surface area contributed by atoms with Crippen molar-refractivity contribution in [2.24, 2.45) is 0 Å². The molecule has 59 heavy (non-hydrogen) atoms. The molecule has 1 rings (SSSR count). The first-order chi connectivity index (χ1) is 29.1. The fraction of sp³-hybridized carbons (Fsp3) is 0.921. The summed E-state index contributed by atoms with van der Waals surface area (Å²) in [6.07, 6.45) is 0.0349. The molecule has 348 valence electrons. The highest BCUT2D eigenvalue weighted by atomic mass is 16.7. The zero-order chi connectivity index (χ0) is 42.4. The molecule has 0 aromatic carbocycles. The van der Waals surface area contributed by atoms with Crippen molar-refractivity contribution >= 4 is 17.8 Å². The minimum absolute atomic E-state index is 0.0562. The molecule has 0 aromatic heterocycles. The number of ether oxygens (including phenoxy) is 16. The lowest BCUT2D eigenvalue weighted by molar-refractivity contribution is -0.198. The van der Waals surface area contributed by atoms with E-state index in [0.717, 1.165) is 0 Å². The van der Waals surface area contributed by atoms with Gasteiger partial charge in [-0.15, -0.1) is 5.06 Å². The molecule has 1 fully saturated rings. The van der Waals surface area contributed by atoms with Crippen LogP contribution in [-0.2, 0) is 95.0 Å². The smallest absolute Gasteiger partial charge is 0.335 e. The highest BCUT2D eigenvalue weighted by Gasteiger charge is 2.32. The quantitative estimate of drug-likeness (QED) is 0.0576. The number of hydrogen-bond donors (Lipinski definition) is 0. The van der Waals surface area contributed by atoms with Crippen molar-refractivity contribution in [3.05, 3.63) is 0 Å². The minimum atomic E-state index is -0.702. The summed E-state index contributed by atoms with van der Waals surface area (Å²) in [5.74, 6) is -1.73. The lowest BCUT2D eigenvalue weighted by Gasteiger charge is -2.12. The second-order valence-electron chi connectivity index (χ2n) is 12.0. The molecule has 1 aliphatic rings. The Balaban J connectivity index is 1.62. The molecule has 0 N–H and O–H groups in total. The number of hydrogen-bond acceptors (Lipinski definition) is 20. The zero-order valence-corrected chi connectivity index (χ0v) is 35.2. The largest absolute Gasteiger partial charge is 0.382 e. The second-order valence-corrected chi connectivity index (χ2v) is 12.0. The van der Waals surface area contributed by atoms with Crippen molar-refractivity contribution < 1.29 is 95.0 Å². The summed E-state index contributed by atoms with van der Waals surface area (Å²) in [6, 6.07) is 0. The molecule has 21 heteroatoms. The molecule has 0 saturated carbocycles. The summed E-state index contributed by atoms with van der Waals surface area (Å²) in [5.41, 5.74) is 0. The van der Waals surface area contributed by atoms with Crippen LogP contribution in [0.1, 0.15) is 19.3 Å². The molecule has 2 amide bonds. The third-order valence-corrected chi connectivity index (χ3v) is 7.29. The Kier molecular flexibility index (Phi) is 42.4. The van der Waals surface area contributed by atoms with Crippen LogP contribution in [-0.4, -0.2) is 235 Å². The highest BCUT2D eigenvalue weighted by Crippen LogP contribution is 2.12. The van der Waals surface area contributed by atoms with Crippen molar-refractivity contribution in [2.45, 2.75) is 19.3 Å². The maximum atomic E-state index is 11.7. The van der Waals surface area contributed by atoms with E-state index < -0.39 is 17.8 Å². The predicted octanol–water partition coefficient (Wildman–Crippen LogP) is -0.121. The molecule has 0 atom stereocenters. The van der Waals surface area contributed by atoms with E-state index in [4.69, 9.17) is 80.6 Å². The molecule has 0 unspecified atom stereocenters. The Morgan fingerprint density at radius 1 is 0.339 bits per heavy atom. The summed E-state index contributed by atoms with van der Waals surface area (Å²) < 4.78 is 86.4. The van der Waals surface area contributed by atoms with Crippen LogP contribution >= 0.6 is 0 Å². The first-order valence-electron chi connectivity index (χ1n) is 20.4. The minimum Gasteiger partial charge on any atom is -0.382 e. The zero-order valence-electron chi connectivity index (χ0n) is 35.2. The Morgan fingerprint density at radius 3 is 0.729 bits per heavy atom. The SMILES string of the molecule is COCCOCCOCCOCCOCCOCCOCCOCCOCCOCCOCCOCCOCCOCCOCCOCCC(=O)ON1C(=O)CCC1=O. The lowest BCUT2D eigenvalue weighted by Crippen LogP contribution is -2.32. The van der Waals surface area contributed by atoms with Crippen molar-refractivity contribution in [1.82, 2.24) is 5.06 Å². The first kappa shape index (κ1) is 55.0. The van der Waals surface area contributed by atoms with E-state index >= 15 is 0 Å². The van der Waals surface area contributed by atoms with E-state index in [9.17, 15) is 14.4 Å². The summed E-state index contributed by atoms with van der Waals surface area (Å²) in [6.45, 7) is 14.3. The van der Waals surface area contributed by atoms with Gasteiger partial charge in [-0.2, -0.15) is 0 Å². The average Bonchev–Trinajstić information content (AvgIpc) is 3.55. The van der Waals surface area contributed by atoms with Gasteiger partial charge in [0.05, 0.1) is 211 Å². The van der Waals surface area contributed by atoms with Crippen molar-refractivity contribution in [3.63, 3.8) is 0 Å². The number of hydroxylamine groups is 2. The molecular weight excluding hydrogens is 790 g/mol. The van der Waals surface area contributed by atoms with E-state index in [-0.39, 0.29) is 32.5 Å². The maximum absolute atomic E-state index is 11.7. The van der Waals surface area contributed by atoms with Gasteiger partial charge in [-0.1, -0.05) is 0 Å². The standard InChI is InChI=1S/C38H71NO20/c1-43-6-7-45-10-11-47-14-15-49-18-19-51-22-23-53-26-27-55-30-31-57-34-35-58-33-32-56-29-28-54-25-24-52-21-20-50-17-16-48-13-12-46-9-8-44-5-4-38(42)59-39-36(40)2-3-37(39)41/h2-35H2,1H3. The number of methoxy groups -OCH3 is 1. The number of nitrogens with zero attached hydrogens (tertiary/aromatic N) is 1. The van der Waals surface area contributed by atoms with E-state index in [1.54, 1.807) is 7.11 Å². The normalized spacial score (nSPS) is 13.0. The van der Waals surface area contributed by atoms with Crippen LogP contribution in [0.5, 0.6) is 0 Å². The van der Waals surface area contributed by atoms with Gasteiger partial charge in [-0.25, -0.2) is 4.79 Å². The van der Waals surface area contributed by atoms with Gasteiger partial charge in [0.25, 0.3) is 11.8 Å². The van der Waals surface area contributed by atoms with Gasteiger partial charge in [0, 0.05) is 20.0 Å². The molecule has 0 aromatic rings. The lowest BCUT2D eigenvalue weighted by atomic mass is 10.4. The molecule has 0 spiro atoms. The molecule has 0 aliphatic carbocycles. The fourth-order valence-corrected chi connectivity index (χ4v) is 4.28. The van der Waals surface area contributed by atoms with Crippen LogP contribution < -0.4 is 0 Å². The number of imide groups is 1. The molecular formula is C38H71NO20. The second kappa shape index (κ2) is 45.5. The Hall–Kier alpha value is -2.03. The fourth-order valence-electron chi connectivity index (χ4n) is 4.28. The van der Waals surface area contributed by atoms with Gasteiger partial charge >= 0.3 is 5.97 Å². The predicted molar refractivity (Wildman–Crippen MR) is 206 cm³/mol. The summed E-state index contributed by atoms with van der Waals surface area (Å²) in [7, 11) is 1.64. The van der Waals surface area contributed by atoms with Crippen LogP contribution in [0.3, 0.4) is 0 Å². The molecule has 1 heterocycles. The third-order valence-electron chi connectivity index (χ3n) is 7.29. The molecule has 0 bridgehead atoms. The van der Waals surface area contributed by atoms with Crippen LogP contribution in [0.2, 0.25) is 0 Å². The highest BCUT2D eigenvalue weighted by molar-refractivity contribution is 6.01. The van der Waals surface area contributed by atoms with Gasteiger partial charge < -0.3 is 80.6 Å². The topological polar surface area (TPSA) is 211 Å². The van der Waals surface area contributed by atoms with E-state index in [1.165, 1.54) is 0 Å². The molecule has 0 radical (unpaired) electrons. The number of rotatable bonds is 49. The van der Waals surface area contributed by atoms with Gasteiger partial charge in [0.1, 0.15) is 0 Å². The molecule has 21 nitrogen and oxygen atoms in total. The number of carbonyl (C=O) groups is 3. The van der Waals surface area contributed by atoms with Gasteiger partial charge in [-0.3, -0.25) is 9.59 Å². The molecule has 1 saturated heterocycles. The first-order valence-corrected chi connectivity index (χ1v) is 20.4. The van der Waals surface area contributed by atoms with Crippen LogP contribution in [0, 0.1) is 0 Å². The van der Waals surface area contributed by atoms with Crippen molar-refractivity contribution in [3.8, 4) is 0 Å². The van der Waals surface area contributed by atoms with Gasteiger partial charge in [-0.05, 0) is 0 Å². The van der Waals surface area contributed by atoms with Crippen LogP contribution in [0.25, 0.3) is 0 Å². The monoisotopic (exact) mass is 861 g/mol. The summed E-state index contributed by atoms with van der Waals surface area (Å²) >= 11 is 0. The average molecular weight is 862 g/mol. The van der Waals surface area contributed by atoms with Crippen molar-refractivity contribution in [2.75, 3.05) is 212 Å².